The lowest BCUT2D eigenvalue weighted by Crippen LogP contribution is -2.35. The molecule has 2 heterocycles. The average molecular weight is 337 g/mol. The van der Waals surface area contributed by atoms with Crippen LogP contribution in [-0.2, 0) is 14.3 Å². The summed E-state index contributed by atoms with van der Waals surface area (Å²) in [7, 11) is 0. The monoisotopic (exact) mass is 337 g/mol. The number of hydrogen-bond acceptors (Lipinski definition) is 7. The third kappa shape index (κ3) is 4.92. The van der Waals surface area contributed by atoms with E-state index in [0.717, 1.165) is 0 Å². The van der Waals surface area contributed by atoms with E-state index in [9.17, 15) is 14.4 Å². The summed E-state index contributed by atoms with van der Waals surface area (Å²) in [6, 6.07) is 4.91. The van der Waals surface area contributed by atoms with Crippen LogP contribution in [0.3, 0.4) is 0 Å². The van der Waals surface area contributed by atoms with Gasteiger partial charge in [-0.05, 0) is 25.3 Å². The highest BCUT2D eigenvalue weighted by Gasteiger charge is 2.19. The molecular formula is C14H15N3O5S. The number of rotatable bonds is 6. The first-order chi connectivity index (χ1) is 11.0. The molecule has 0 fully saturated rings. The van der Waals surface area contributed by atoms with Crippen LogP contribution in [0.25, 0.3) is 0 Å². The van der Waals surface area contributed by atoms with Crippen molar-refractivity contribution in [1.82, 2.24) is 10.5 Å². The van der Waals surface area contributed by atoms with Gasteiger partial charge in [0, 0.05) is 6.07 Å². The molecule has 122 valence electrons. The maximum atomic E-state index is 11.8. The lowest BCUT2D eigenvalue weighted by Gasteiger charge is -2.12. The largest absolute Gasteiger partial charge is 0.451 e. The Labute approximate surface area is 135 Å². The van der Waals surface area contributed by atoms with Crippen molar-refractivity contribution < 1.29 is 23.6 Å². The minimum Gasteiger partial charge on any atom is -0.451 e. The number of nitrogens with one attached hydrogen (secondary N) is 2. The van der Waals surface area contributed by atoms with Crippen molar-refractivity contribution in [3.8, 4) is 0 Å². The fraction of sp³-hybridized carbons (Fsp3) is 0.286. The average Bonchev–Trinajstić information content (AvgIpc) is 3.16. The standard InChI is InChI=1S/C14H15N3O5S/c1-8-6-11(22-17-8)16-13(19)9(2)21-12(18)7-15-14(20)10-4-3-5-23-10/h3-6,9H,7H2,1-2H3,(H,15,20)(H,16,19)/t9-/m1/s1. The van der Waals surface area contributed by atoms with Crippen LogP contribution in [0.5, 0.6) is 0 Å². The number of anilines is 1. The number of carbonyl (C=O) groups is 3. The smallest absolute Gasteiger partial charge is 0.326 e. The molecule has 0 unspecified atom stereocenters. The number of aromatic nitrogens is 1. The fourth-order valence-corrected chi connectivity index (χ4v) is 2.23. The van der Waals surface area contributed by atoms with Gasteiger partial charge in [-0.25, -0.2) is 0 Å². The van der Waals surface area contributed by atoms with E-state index in [2.05, 4.69) is 15.8 Å². The lowest BCUT2D eigenvalue weighted by atomic mass is 10.3. The van der Waals surface area contributed by atoms with Gasteiger partial charge >= 0.3 is 5.97 Å². The predicted octanol–water partition coefficient (Wildman–Crippen LogP) is 1.34. The zero-order chi connectivity index (χ0) is 16.8. The third-order valence-corrected chi connectivity index (χ3v) is 3.56. The second-order valence-electron chi connectivity index (χ2n) is 4.61. The zero-order valence-electron chi connectivity index (χ0n) is 12.5. The number of hydrogen-bond donors (Lipinski definition) is 2. The summed E-state index contributed by atoms with van der Waals surface area (Å²) in [6.45, 7) is 2.80. The quantitative estimate of drug-likeness (QED) is 0.770. The highest BCUT2D eigenvalue weighted by Crippen LogP contribution is 2.09. The molecule has 23 heavy (non-hydrogen) atoms. The molecule has 2 aromatic rings. The zero-order valence-corrected chi connectivity index (χ0v) is 13.3. The topological polar surface area (TPSA) is 111 Å². The molecule has 0 aromatic carbocycles. The molecule has 0 aliphatic heterocycles. The van der Waals surface area contributed by atoms with Crippen molar-refractivity contribution in [2.24, 2.45) is 0 Å². The molecule has 0 bridgehead atoms. The van der Waals surface area contributed by atoms with Crippen molar-refractivity contribution in [1.29, 1.82) is 0 Å². The van der Waals surface area contributed by atoms with Gasteiger partial charge in [0.1, 0.15) is 6.54 Å². The number of ether oxygens (including phenoxy) is 1. The van der Waals surface area contributed by atoms with Gasteiger partial charge in [-0.3, -0.25) is 19.7 Å². The van der Waals surface area contributed by atoms with Crippen LogP contribution in [0, 0.1) is 6.92 Å². The molecule has 2 amide bonds. The van der Waals surface area contributed by atoms with E-state index in [1.165, 1.54) is 24.3 Å². The molecule has 0 saturated carbocycles. The van der Waals surface area contributed by atoms with Crippen LogP contribution in [0.15, 0.2) is 28.1 Å². The normalized spacial score (nSPS) is 11.6. The maximum absolute atomic E-state index is 11.8. The second-order valence-corrected chi connectivity index (χ2v) is 5.56. The summed E-state index contributed by atoms with van der Waals surface area (Å²) in [6.07, 6.45) is -1.04. The van der Waals surface area contributed by atoms with E-state index in [-0.39, 0.29) is 18.3 Å². The van der Waals surface area contributed by atoms with Crippen LogP contribution >= 0.6 is 11.3 Å². The van der Waals surface area contributed by atoms with Gasteiger partial charge in [0.25, 0.3) is 11.8 Å². The van der Waals surface area contributed by atoms with Crippen molar-refractivity contribution in [3.63, 3.8) is 0 Å². The summed E-state index contributed by atoms with van der Waals surface area (Å²) >= 11 is 1.26. The van der Waals surface area contributed by atoms with E-state index in [1.54, 1.807) is 24.4 Å². The van der Waals surface area contributed by atoms with Gasteiger partial charge in [-0.2, -0.15) is 0 Å². The Morgan fingerprint density at radius 2 is 2.22 bits per heavy atom. The third-order valence-electron chi connectivity index (χ3n) is 2.69. The van der Waals surface area contributed by atoms with E-state index in [0.29, 0.717) is 10.6 Å². The number of amides is 2. The molecule has 9 heteroatoms. The van der Waals surface area contributed by atoms with Gasteiger partial charge in [-0.15, -0.1) is 11.3 Å². The van der Waals surface area contributed by atoms with Crippen molar-refractivity contribution >= 4 is 35.0 Å². The van der Waals surface area contributed by atoms with Gasteiger partial charge in [0.15, 0.2) is 6.10 Å². The Morgan fingerprint density at radius 3 is 2.83 bits per heavy atom. The van der Waals surface area contributed by atoms with Crippen molar-refractivity contribution in [3.05, 3.63) is 34.2 Å². The van der Waals surface area contributed by atoms with Crippen LogP contribution in [0.4, 0.5) is 5.88 Å². The molecule has 0 aliphatic carbocycles. The Morgan fingerprint density at radius 1 is 1.43 bits per heavy atom. The lowest BCUT2D eigenvalue weighted by molar-refractivity contribution is -0.152. The molecule has 8 nitrogen and oxygen atoms in total. The number of nitrogens with zero attached hydrogens (tertiary/aromatic N) is 1. The van der Waals surface area contributed by atoms with E-state index in [4.69, 9.17) is 9.26 Å². The first kappa shape index (κ1) is 16.7. The van der Waals surface area contributed by atoms with Gasteiger partial charge in [0.05, 0.1) is 10.6 Å². The summed E-state index contributed by atoms with van der Waals surface area (Å²) in [5.41, 5.74) is 0.612. The molecule has 0 spiro atoms. The van der Waals surface area contributed by atoms with Gasteiger partial charge in [-0.1, -0.05) is 11.2 Å². The van der Waals surface area contributed by atoms with Crippen LogP contribution in [0.2, 0.25) is 0 Å². The van der Waals surface area contributed by atoms with Crippen LogP contribution in [-0.4, -0.2) is 35.6 Å². The minimum atomic E-state index is -1.04. The molecule has 0 radical (unpaired) electrons. The SMILES string of the molecule is Cc1cc(NC(=O)[C@@H](C)OC(=O)CNC(=O)c2cccs2)on1. The Balaban J connectivity index is 1.75. The van der Waals surface area contributed by atoms with Crippen molar-refractivity contribution in [2.45, 2.75) is 20.0 Å². The Bertz CT molecular complexity index is 695. The second kappa shape index (κ2) is 7.54. The van der Waals surface area contributed by atoms with Gasteiger partial charge in [0.2, 0.25) is 5.88 Å². The summed E-state index contributed by atoms with van der Waals surface area (Å²) in [5, 5.41) is 10.2. The molecular weight excluding hydrogens is 322 g/mol. The first-order valence-electron chi connectivity index (χ1n) is 6.71. The van der Waals surface area contributed by atoms with Crippen LogP contribution < -0.4 is 10.6 Å². The number of carbonyl (C=O) groups excluding carboxylic acids is 3. The first-order valence-corrected chi connectivity index (χ1v) is 7.59. The van der Waals surface area contributed by atoms with E-state index >= 15 is 0 Å². The maximum Gasteiger partial charge on any atom is 0.326 e. The van der Waals surface area contributed by atoms with Gasteiger partial charge < -0.3 is 14.6 Å². The number of esters is 1. The van der Waals surface area contributed by atoms with Crippen LogP contribution in [0.1, 0.15) is 22.3 Å². The van der Waals surface area contributed by atoms with E-state index < -0.39 is 18.0 Å². The number of thiophene rings is 1. The van der Waals surface area contributed by atoms with E-state index in [1.807, 2.05) is 0 Å². The Kier molecular flexibility index (Phi) is 5.47. The molecule has 1 atom stereocenters. The molecule has 2 rings (SSSR count). The molecule has 0 aliphatic rings. The summed E-state index contributed by atoms with van der Waals surface area (Å²) < 4.78 is 9.77. The van der Waals surface area contributed by atoms with Crippen molar-refractivity contribution in [2.75, 3.05) is 11.9 Å². The minimum absolute atomic E-state index is 0.168. The predicted molar refractivity (Wildman–Crippen MR) is 82.1 cm³/mol. The molecule has 2 N–H and O–H groups in total. The highest BCUT2D eigenvalue weighted by molar-refractivity contribution is 7.12. The highest BCUT2D eigenvalue weighted by atomic mass is 32.1. The summed E-state index contributed by atoms with van der Waals surface area (Å²) in [5.74, 6) is -1.47. The molecule has 2 aromatic heterocycles. The fourth-order valence-electron chi connectivity index (χ4n) is 1.59. The molecule has 0 saturated heterocycles. The summed E-state index contributed by atoms with van der Waals surface area (Å²) in [4.78, 5) is 35.6. The Hall–Kier alpha value is -2.68. The number of aryl methyl sites for hydroxylation is 1.